The van der Waals surface area contributed by atoms with Crippen LogP contribution in [-0.4, -0.2) is 63.1 Å². The molecule has 12 nitrogen and oxygen atoms in total. The number of rotatable bonds is 14. The highest BCUT2D eigenvalue weighted by Crippen LogP contribution is 2.18. The number of hydrogen-bond donors (Lipinski definition) is 5. The third kappa shape index (κ3) is 10.4. The van der Waals surface area contributed by atoms with Crippen molar-refractivity contribution in [3.05, 3.63) is 108 Å². The molecule has 1 aromatic heterocycles. The lowest BCUT2D eigenvalue weighted by Gasteiger charge is -2.20. The normalized spacial score (nSPS) is 12.7. The number of aromatic amines is 1. The maximum absolute atomic E-state index is 13.4. The average Bonchev–Trinajstić information content (AvgIpc) is 3.47. The molecule has 0 aliphatic rings. The smallest absolute Gasteiger partial charge is 0.408 e. The molecule has 5 N–H and O–H groups in total. The molecule has 3 atom stereocenters. The summed E-state index contributed by atoms with van der Waals surface area (Å²) < 4.78 is 10.4. The fourth-order valence-corrected chi connectivity index (χ4v) is 5.21. The predicted octanol–water partition coefficient (Wildman–Crippen LogP) is 4.15. The van der Waals surface area contributed by atoms with E-state index in [0.29, 0.717) is 17.5 Å². The molecule has 240 valence electrons. The molecule has 0 fully saturated rings. The van der Waals surface area contributed by atoms with E-state index in [4.69, 9.17) is 9.47 Å². The largest absolute Gasteiger partial charge is 0.480 e. The number of aromatic nitrogens is 1. The van der Waals surface area contributed by atoms with Crippen molar-refractivity contribution in [2.45, 2.75) is 44.7 Å². The minimum Gasteiger partial charge on any atom is -0.480 e. The van der Waals surface area contributed by atoms with Crippen molar-refractivity contribution in [1.29, 1.82) is 0 Å². The first-order chi connectivity index (χ1) is 22.2. The maximum atomic E-state index is 13.4. The molecule has 1 unspecified atom stereocenters. The topological polar surface area (TPSA) is 176 Å². The number of carboxylic acids is 1. The van der Waals surface area contributed by atoms with E-state index in [-0.39, 0.29) is 25.4 Å². The van der Waals surface area contributed by atoms with Crippen LogP contribution in [0.3, 0.4) is 0 Å². The monoisotopic (exact) mass is 646 g/mol. The van der Waals surface area contributed by atoms with E-state index >= 15 is 0 Å². The van der Waals surface area contributed by atoms with Gasteiger partial charge in [0, 0.05) is 23.4 Å². The summed E-state index contributed by atoms with van der Waals surface area (Å²) in [5, 5.41) is 17.4. The Labute approximate surface area is 269 Å². The summed E-state index contributed by atoms with van der Waals surface area (Å²) in [5.41, 5.74) is 3.04. The molecule has 0 aliphatic heterocycles. The third-order valence-corrected chi connectivity index (χ3v) is 7.82. The van der Waals surface area contributed by atoms with E-state index in [9.17, 15) is 29.1 Å². The van der Waals surface area contributed by atoms with E-state index in [0.717, 1.165) is 22.0 Å². The number of H-pyrrole nitrogens is 1. The molecule has 46 heavy (non-hydrogen) atoms. The number of carbonyl (C=O) groups is 5. The van der Waals surface area contributed by atoms with Gasteiger partial charge in [0.1, 0.15) is 31.3 Å². The summed E-state index contributed by atoms with van der Waals surface area (Å²) in [6.45, 7) is 1.36. The van der Waals surface area contributed by atoms with E-state index in [1.807, 2.05) is 54.6 Å². The van der Waals surface area contributed by atoms with Gasteiger partial charge in [-0.1, -0.05) is 90.6 Å². The molecule has 4 rings (SSSR count). The van der Waals surface area contributed by atoms with Crippen LogP contribution in [0.1, 0.15) is 23.7 Å². The van der Waals surface area contributed by atoms with Crippen LogP contribution in [-0.2, 0) is 43.5 Å². The number of hydrogen-bond acceptors (Lipinski definition) is 8. The molecule has 0 radical (unpaired) electrons. The number of fused-ring (bicyclic) bond motifs is 1. The van der Waals surface area contributed by atoms with Crippen LogP contribution < -0.4 is 16.0 Å². The molecule has 3 aromatic carbocycles. The van der Waals surface area contributed by atoms with E-state index in [1.165, 1.54) is 6.92 Å². The van der Waals surface area contributed by atoms with Crippen LogP contribution >= 0.6 is 11.8 Å². The number of para-hydroxylation sites is 1. The Morgan fingerprint density at radius 1 is 0.761 bits per heavy atom. The molecule has 0 saturated heterocycles. The zero-order valence-corrected chi connectivity index (χ0v) is 25.8. The minimum absolute atomic E-state index is 0.00769. The lowest BCUT2D eigenvalue weighted by Crippen LogP contribution is -2.51. The summed E-state index contributed by atoms with van der Waals surface area (Å²) in [4.78, 5) is 66.0. The number of ether oxygens (including phenoxy) is 2. The molecule has 3 amide bonds. The fraction of sp³-hybridized carbons (Fsp3) is 0.242. The van der Waals surface area contributed by atoms with Gasteiger partial charge in [-0.15, -0.1) is 0 Å². The number of thioether (sulfide) groups is 1. The average molecular weight is 647 g/mol. The number of amides is 3. The summed E-state index contributed by atoms with van der Waals surface area (Å²) in [7, 11) is 0. The highest BCUT2D eigenvalue weighted by Gasteiger charge is 2.28. The Morgan fingerprint density at radius 3 is 1.91 bits per heavy atom. The summed E-state index contributed by atoms with van der Waals surface area (Å²) in [6.07, 6.45) is -1.59. The van der Waals surface area contributed by atoms with Crippen molar-refractivity contribution in [3.63, 3.8) is 0 Å². The van der Waals surface area contributed by atoms with Gasteiger partial charge < -0.3 is 35.5 Å². The first-order valence-electron chi connectivity index (χ1n) is 14.4. The number of carboxylic acid groups (broad SMARTS) is 1. The first-order valence-corrected chi connectivity index (χ1v) is 15.4. The standard InChI is InChI=1S/C33H34N4O8S/c1-21(34-32(42)44-18-22-10-4-2-5-11-22)29(38)36-28(30(39)40)20-46-31(41)27(17-25-16-24-14-8-9-15-26(24)35-25)37-33(43)45-19-23-12-6-3-7-13-23/h2-16,21,27-28,35H,17-20H2,1H3,(H,34,42)(H,36,38)(H,37,43)(H,39,40)/t21?,27-,28-/m0/s1. The van der Waals surface area contributed by atoms with Gasteiger partial charge in [-0.25, -0.2) is 14.4 Å². The zero-order valence-electron chi connectivity index (χ0n) is 24.9. The molecule has 0 saturated carbocycles. The van der Waals surface area contributed by atoms with E-state index < -0.39 is 47.3 Å². The van der Waals surface area contributed by atoms with Gasteiger partial charge in [-0.05, 0) is 35.6 Å². The van der Waals surface area contributed by atoms with Gasteiger partial charge in [-0.3, -0.25) is 9.59 Å². The molecule has 0 spiro atoms. The van der Waals surface area contributed by atoms with Gasteiger partial charge in [-0.2, -0.15) is 0 Å². The van der Waals surface area contributed by atoms with Crippen LogP contribution in [0.25, 0.3) is 10.9 Å². The van der Waals surface area contributed by atoms with Gasteiger partial charge in [0.15, 0.2) is 0 Å². The van der Waals surface area contributed by atoms with Crippen molar-refractivity contribution < 1.29 is 38.6 Å². The Morgan fingerprint density at radius 2 is 1.33 bits per heavy atom. The lowest BCUT2D eigenvalue weighted by molar-refractivity contribution is -0.141. The van der Waals surface area contributed by atoms with Crippen molar-refractivity contribution in [2.24, 2.45) is 0 Å². The second kappa shape index (κ2) is 16.7. The van der Waals surface area contributed by atoms with Crippen molar-refractivity contribution in [2.75, 3.05) is 5.75 Å². The summed E-state index contributed by atoms with van der Waals surface area (Å²) >= 11 is 0.646. The number of aliphatic carboxylic acids is 1. The summed E-state index contributed by atoms with van der Waals surface area (Å²) in [6, 6.07) is 23.7. The molecule has 0 aliphatic carbocycles. The van der Waals surface area contributed by atoms with Crippen LogP contribution in [0.15, 0.2) is 91.0 Å². The lowest BCUT2D eigenvalue weighted by atomic mass is 10.1. The van der Waals surface area contributed by atoms with Crippen LogP contribution in [0.2, 0.25) is 0 Å². The number of nitrogens with one attached hydrogen (secondary N) is 4. The SMILES string of the molecule is CC(NC(=O)OCc1ccccc1)C(=O)N[C@@H](CSC(=O)[C@H](Cc1cc2ccccc2[nH]1)NC(=O)OCc1ccccc1)C(=O)O. The minimum atomic E-state index is -1.47. The fourth-order valence-electron chi connectivity index (χ4n) is 4.31. The first kappa shape index (κ1) is 33.6. The molecule has 4 aromatic rings. The van der Waals surface area contributed by atoms with Crippen molar-refractivity contribution in [1.82, 2.24) is 20.9 Å². The molecule has 1 heterocycles. The number of benzene rings is 3. The highest BCUT2D eigenvalue weighted by molar-refractivity contribution is 8.13. The van der Waals surface area contributed by atoms with Crippen LogP contribution in [0.4, 0.5) is 9.59 Å². The van der Waals surface area contributed by atoms with Crippen molar-refractivity contribution in [3.8, 4) is 0 Å². The van der Waals surface area contributed by atoms with Gasteiger partial charge in [0.25, 0.3) is 0 Å². The Balaban J connectivity index is 1.34. The van der Waals surface area contributed by atoms with Gasteiger partial charge in [0.05, 0.1) is 0 Å². The van der Waals surface area contributed by atoms with E-state index in [1.54, 1.807) is 36.4 Å². The second-order valence-corrected chi connectivity index (χ2v) is 11.3. The van der Waals surface area contributed by atoms with E-state index in [2.05, 4.69) is 20.9 Å². The van der Waals surface area contributed by atoms with Crippen molar-refractivity contribution >= 4 is 51.8 Å². The molecular formula is C33H34N4O8S. The van der Waals surface area contributed by atoms with Crippen LogP contribution in [0, 0.1) is 0 Å². The zero-order chi connectivity index (χ0) is 32.9. The Hall–Kier alpha value is -5.30. The number of carbonyl (C=O) groups excluding carboxylic acids is 4. The predicted molar refractivity (Wildman–Crippen MR) is 172 cm³/mol. The van der Waals surface area contributed by atoms with Gasteiger partial charge >= 0.3 is 18.2 Å². The Bertz CT molecular complexity index is 1610. The number of alkyl carbamates (subject to hydrolysis) is 2. The maximum Gasteiger partial charge on any atom is 0.408 e. The third-order valence-electron chi connectivity index (χ3n) is 6.75. The molecule has 0 bridgehead atoms. The Kier molecular flexibility index (Phi) is 12.2. The molecule has 13 heteroatoms. The summed E-state index contributed by atoms with van der Waals surface area (Å²) in [5.74, 6) is -2.50. The second-order valence-electron chi connectivity index (χ2n) is 10.3. The quantitative estimate of drug-likeness (QED) is 0.135. The highest BCUT2D eigenvalue weighted by atomic mass is 32.2. The van der Waals surface area contributed by atoms with Gasteiger partial charge in [0.2, 0.25) is 11.0 Å². The molecular weight excluding hydrogens is 612 g/mol. The van der Waals surface area contributed by atoms with Crippen LogP contribution in [0.5, 0.6) is 0 Å².